The fourth-order valence-electron chi connectivity index (χ4n) is 4.05. The van der Waals surface area contributed by atoms with E-state index in [2.05, 4.69) is 12.2 Å². The van der Waals surface area contributed by atoms with E-state index in [1.807, 2.05) is 0 Å². The van der Waals surface area contributed by atoms with E-state index < -0.39 is 11.2 Å². The van der Waals surface area contributed by atoms with Crippen molar-refractivity contribution in [3.05, 3.63) is 12.2 Å². The van der Waals surface area contributed by atoms with Gasteiger partial charge in [-0.05, 0) is 12.8 Å². The van der Waals surface area contributed by atoms with Crippen LogP contribution in [-0.2, 0) is 14.3 Å². The Balaban J connectivity index is 1.94. The summed E-state index contributed by atoms with van der Waals surface area (Å²) in [6, 6.07) is 0. The van der Waals surface area contributed by atoms with Crippen LogP contribution < -0.4 is 0 Å². The molecule has 3 nitrogen and oxygen atoms in total. The highest BCUT2D eigenvalue weighted by Crippen LogP contribution is 2.63. The van der Waals surface area contributed by atoms with Crippen LogP contribution in [0.1, 0.15) is 25.7 Å². The van der Waals surface area contributed by atoms with Crippen LogP contribution in [0.15, 0.2) is 12.2 Å². The van der Waals surface area contributed by atoms with Crippen LogP contribution in [0.25, 0.3) is 0 Å². The lowest BCUT2D eigenvalue weighted by molar-refractivity contribution is -0.129. The first-order valence-corrected chi connectivity index (χ1v) is 5.63. The van der Waals surface area contributed by atoms with E-state index >= 15 is 0 Å². The number of carbonyl (C=O) groups excluding carboxylic acids is 2. The van der Waals surface area contributed by atoms with Gasteiger partial charge in [-0.1, -0.05) is 12.2 Å². The van der Waals surface area contributed by atoms with Crippen molar-refractivity contribution in [2.24, 2.45) is 11.8 Å². The maximum Gasteiger partial charge on any atom is 0.140 e. The normalized spacial score (nSPS) is 55.2. The lowest BCUT2D eigenvalue weighted by Gasteiger charge is -2.24. The maximum absolute atomic E-state index is 11.9. The molecule has 0 unspecified atom stereocenters. The molecule has 3 heteroatoms. The fraction of sp³-hybridized carbons (Fsp3) is 0.667. The van der Waals surface area contributed by atoms with E-state index in [0.717, 1.165) is 12.8 Å². The third-order valence-corrected chi connectivity index (χ3v) is 4.63. The van der Waals surface area contributed by atoms with Crippen molar-refractivity contribution in [2.75, 3.05) is 0 Å². The Hall–Kier alpha value is -0.960. The number of carbonyl (C=O) groups is 2. The second-order valence-corrected chi connectivity index (χ2v) is 5.23. The number of ether oxygens (including phenoxy) is 1. The molecule has 2 saturated carbocycles. The van der Waals surface area contributed by atoms with E-state index in [9.17, 15) is 9.59 Å². The van der Waals surface area contributed by atoms with Gasteiger partial charge in [0.1, 0.15) is 11.6 Å². The summed E-state index contributed by atoms with van der Waals surface area (Å²) in [5.74, 6) is 0.165. The van der Waals surface area contributed by atoms with Crippen molar-refractivity contribution in [3.8, 4) is 0 Å². The minimum absolute atomic E-state index is 0.155. The summed E-state index contributed by atoms with van der Waals surface area (Å²) in [4.78, 5) is 23.7. The van der Waals surface area contributed by atoms with Gasteiger partial charge in [0.25, 0.3) is 0 Å². The molecule has 0 aromatic rings. The number of rotatable bonds is 0. The van der Waals surface area contributed by atoms with E-state index in [1.54, 1.807) is 0 Å². The second kappa shape index (κ2) is 2.09. The minimum Gasteiger partial charge on any atom is -0.359 e. The summed E-state index contributed by atoms with van der Waals surface area (Å²) in [5, 5.41) is 0. The number of Topliss-reactive ketones (excluding diaryl/α,β-unsaturated/α-hetero) is 2. The first kappa shape index (κ1) is 8.22. The Morgan fingerprint density at radius 2 is 1.47 bits per heavy atom. The lowest BCUT2D eigenvalue weighted by atomic mass is 9.73. The molecule has 4 atom stereocenters. The number of hydrogen-bond donors (Lipinski definition) is 0. The molecule has 2 aliphatic carbocycles. The van der Waals surface area contributed by atoms with Gasteiger partial charge in [-0.15, -0.1) is 0 Å². The molecule has 4 rings (SSSR count). The molecule has 3 fully saturated rings. The zero-order valence-corrected chi connectivity index (χ0v) is 8.36. The van der Waals surface area contributed by atoms with Gasteiger partial charge in [-0.2, -0.15) is 0 Å². The van der Waals surface area contributed by atoms with Crippen LogP contribution in [0.3, 0.4) is 0 Å². The first-order valence-electron chi connectivity index (χ1n) is 5.63. The van der Waals surface area contributed by atoms with Crippen LogP contribution in [0.2, 0.25) is 0 Å². The Morgan fingerprint density at radius 3 is 1.93 bits per heavy atom. The smallest absolute Gasteiger partial charge is 0.140 e. The average Bonchev–Trinajstić information content (AvgIpc) is 2.88. The third kappa shape index (κ3) is 0.689. The average molecular weight is 204 g/mol. The number of ketones is 2. The first-order chi connectivity index (χ1) is 7.17. The Kier molecular flexibility index (Phi) is 1.15. The van der Waals surface area contributed by atoms with Gasteiger partial charge in [-0.3, -0.25) is 9.59 Å². The molecule has 0 N–H and O–H groups in total. The molecule has 1 saturated heterocycles. The van der Waals surface area contributed by atoms with Gasteiger partial charge in [0.15, 0.2) is 0 Å². The van der Waals surface area contributed by atoms with Crippen LogP contribution in [0, 0.1) is 11.8 Å². The summed E-state index contributed by atoms with van der Waals surface area (Å²) in [6.45, 7) is 0. The van der Waals surface area contributed by atoms with Crippen molar-refractivity contribution in [1.29, 1.82) is 0 Å². The van der Waals surface area contributed by atoms with Gasteiger partial charge in [-0.25, -0.2) is 0 Å². The van der Waals surface area contributed by atoms with E-state index in [-0.39, 0.29) is 23.4 Å². The Labute approximate surface area is 87.5 Å². The summed E-state index contributed by atoms with van der Waals surface area (Å²) < 4.78 is 6.08. The number of hydrogen-bond acceptors (Lipinski definition) is 3. The second-order valence-electron chi connectivity index (χ2n) is 5.23. The predicted molar refractivity (Wildman–Crippen MR) is 51.1 cm³/mol. The van der Waals surface area contributed by atoms with Gasteiger partial charge >= 0.3 is 0 Å². The maximum atomic E-state index is 11.9. The van der Waals surface area contributed by atoms with Crippen molar-refractivity contribution in [3.63, 3.8) is 0 Å². The monoisotopic (exact) mass is 204 g/mol. The van der Waals surface area contributed by atoms with Crippen molar-refractivity contribution in [1.82, 2.24) is 0 Å². The van der Waals surface area contributed by atoms with E-state index in [1.165, 1.54) is 0 Å². The van der Waals surface area contributed by atoms with E-state index in [0.29, 0.717) is 12.8 Å². The predicted octanol–water partition coefficient (Wildman–Crippen LogP) is 1.02. The third-order valence-electron chi connectivity index (χ3n) is 4.63. The van der Waals surface area contributed by atoms with Crippen molar-refractivity contribution >= 4 is 11.6 Å². The van der Waals surface area contributed by atoms with Crippen LogP contribution >= 0.6 is 0 Å². The SMILES string of the molecule is O=C1CC[C@]23C=C[C@@]4(CCC(=O)[C@H]4[C@@H]12)O3. The summed E-state index contributed by atoms with van der Waals surface area (Å²) in [7, 11) is 0. The zero-order valence-electron chi connectivity index (χ0n) is 8.36. The molecule has 0 amide bonds. The summed E-state index contributed by atoms with van der Waals surface area (Å²) in [6.07, 6.45) is 6.82. The van der Waals surface area contributed by atoms with Gasteiger partial charge in [0.2, 0.25) is 0 Å². The topological polar surface area (TPSA) is 43.4 Å². The van der Waals surface area contributed by atoms with Crippen LogP contribution in [0.4, 0.5) is 0 Å². The highest BCUT2D eigenvalue weighted by atomic mass is 16.5. The molecule has 2 bridgehead atoms. The molecular formula is C12H12O3. The number of fused-ring (bicyclic) bond motifs is 1. The molecule has 78 valence electrons. The largest absolute Gasteiger partial charge is 0.359 e. The lowest BCUT2D eigenvalue weighted by Crippen LogP contribution is -2.38. The quantitative estimate of drug-likeness (QED) is 0.553. The highest BCUT2D eigenvalue weighted by Gasteiger charge is 2.71. The molecule has 0 aromatic carbocycles. The molecule has 0 aromatic heterocycles. The van der Waals surface area contributed by atoms with Crippen LogP contribution in [-0.4, -0.2) is 22.8 Å². The Morgan fingerprint density at radius 1 is 1.00 bits per heavy atom. The molecule has 2 heterocycles. The van der Waals surface area contributed by atoms with Gasteiger partial charge in [0.05, 0.1) is 23.0 Å². The molecule has 2 aliphatic heterocycles. The molecule has 15 heavy (non-hydrogen) atoms. The van der Waals surface area contributed by atoms with Crippen LogP contribution in [0.5, 0.6) is 0 Å². The van der Waals surface area contributed by atoms with Gasteiger partial charge < -0.3 is 4.74 Å². The zero-order chi connectivity index (χ0) is 10.3. The molecule has 0 radical (unpaired) electrons. The molecule has 4 aliphatic rings. The molecular weight excluding hydrogens is 192 g/mol. The highest BCUT2D eigenvalue weighted by molar-refractivity contribution is 5.96. The van der Waals surface area contributed by atoms with E-state index in [4.69, 9.17) is 4.74 Å². The summed E-state index contributed by atoms with van der Waals surface area (Å²) in [5.41, 5.74) is -0.782. The summed E-state index contributed by atoms with van der Waals surface area (Å²) >= 11 is 0. The van der Waals surface area contributed by atoms with Crippen molar-refractivity contribution < 1.29 is 14.3 Å². The fourth-order valence-corrected chi connectivity index (χ4v) is 4.05. The van der Waals surface area contributed by atoms with Gasteiger partial charge in [0, 0.05) is 12.8 Å². The Bertz CT molecular complexity index is 387. The molecule has 2 spiro atoms. The van der Waals surface area contributed by atoms with Crippen molar-refractivity contribution in [2.45, 2.75) is 36.9 Å². The minimum atomic E-state index is -0.391. The standard InChI is InChI=1S/C12H12O3/c13-7-1-3-11-5-6-12(15-11)4-2-8(14)10(12)9(7)11/h5-6,9-10H,1-4H2/t9-,10+,11+,12-.